The molecule has 0 saturated carbocycles. The van der Waals surface area contributed by atoms with E-state index >= 15 is 0 Å². The van der Waals surface area contributed by atoms with Gasteiger partial charge in [0, 0.05) is 36.1 Å². The van der Waals surface area contributed by atoms with Gasteiger partial charge in [-0.05, 0) is 69.1 Å². The molecule has 0 radical (unpaired) electrons. The first kappa shape index (κ1) is 38.2. The van der Waals surface area contributed by atoms with Gasteiger partial charge in [0.15, 0.2) is 23.0 Å². The molecular formula is C52H44N2O6. The Morgan fingerprint density at radius 3 is 1.28 bits per heavy atom. The van der Waals surface area contributed by atoms with Gasteiger partial charge in [-0.1, -0.05) is 121 Å². The molecule has 0 fully saturated rings. The van der Waals surface area contributed by atoms with E-state index in [0.717, 1.165) is 43.8 Å². The van der Waals surface area contributed by atoms with E-state index in [0.29, 0.717) is 98.4 Å². The van der Waals surface area contributed by atoms with E-state index in [1.165, 1.54) is 0 Å². The zero-order valence-corrected chi connectivity index (χ0v) is 33.2. The van der Waals surface area contributed by atoms with Gasteiger partial charge in [0.05, 0.1) is 37.8 Å². The normalized spacial score (nSPS) is 13.2. The molecule has 60 heavy (non-hydrogen) atoms. The molecule has 4 bridgehead atoms. The molecule has 9 rings (SSSR count). The molecule has 8 nitrogen and oxygen atoms in total. The molecule has 0 spiro atoms. The van der Waals surface area contributed by atoms with Crippen LogP contribution in [0, 0.1) is 0 Å². The van der Waals surface area contributed by atoms with Crippen molar-refractivity contribution in [1.82, 2.24) is 0 Å². The van der Waals surface area contributed by atoms with Crippen LogP contribution in [-0.2, 0) is 13.2 Å². The molecular weight excluding hydrogens is 749 g/mol. The minimum atomic E-state index is 0.360. The maximum Gasteiger partial charge on any atom is 0.169 e. The van der Waals surface area contributed by atoms with Gasteiger partial charge in [0.1, 0.15) is 24.7 Å². The Hall–Kier alpha value is -7.32. The molecule has 298 valence electrons. The van der Waals surface area contributed by atoms with Gasteiger partial charge in [0.2, 0.25) is 0 Å². The van der Waals surface area contributed by atoms with Crippen molar-refractivity contribution in [3.8, 4) is 45.6 Å². The van der Waals surface area contributed by atoms with E-state index < -0.39 is 0 Å². The van der Waals surface area contributed by atoms with Crippen LogP contribution in [-0.4, -0.2) is 26.4 Å². The Balaban J connectivity index is 1.19. The summed E-state index contributed by atoms with van der Waals surface area (Å²) >= 11 is 0. The van der Waals surface area contributed by atoms with E-state index in [9.17, 15) is 0 Å². The van der Waals surface area contributed by atoms with Gasteiger partial charge >= 0.3 is 0 Å². The monoisotopic (exact) mass is 792 g/mol. The fraction of sp³-hybridized carbons (Fsp3) is 0.154. The summed E-state index contributed by atoms with van der Waals surface area (Å²) in [5, 5.41) is 12.9. The Morgan fingerprint density at radius 2 is 0.817 bits per heavy atom. The zero-order chi connectivity index (χ0) is 40.4. The Kier molecular flexibility index (Phi) is 11.8. The smallest absolute Gasteiger partial charge is 0.169 e. The van der Waals surface area contributed by atoms with Crippen molar-refractivity contribution in [3.05, 3.63) is 181 Å². The molecule has 0 aromatic heterocycles. The Labute approximate surface area is 349 Å². The largest absolute Gasteiger partial charge is 0.493 e. The fourth-order valence-electron chi connectivity index (χ4n) is 7.31. The molecule has 0 amide bonds. The second kappa shape index (κ2) is 18.5. The van der Waals surface area contributed by atoms with Gasteiger partial charge in [-0.3, -0.25) is 0 Å². The second-order valence-electron chi connectivity index (χ2n) is 14.4. The van der Waals surface area contributed by atoms with Crippen LogP contribution in [0.3, 0.4) is 0 Å². The number of benzene rings is 8. The van der Waals surface area contributed by atoms with Gasteiger partial charge in [-0.15, -0.1) is 0 Å². The maximum absolute atomic E-state index is 6.93. The molecule has 0 N–H and O–H groups in total. The molecule has 0 unspecified atom stereocenters. The van der Waals surface area contributed by atoms with Crippen molar-refractivity contribution in [1.29, 1.82) is 0 Å². The Bertz CT molecular complexity index is 2550. The summed E-state index contributed by atoms with van der Waals surface area (Å²) in [6.45, 7) is 2.28. The lowest BCUT2D eigenvalue weighted by atomic mass is 9.91. The second-order valence-corrected chi connectivity index (χ2v) is 14.4. The van der Waals surface area contributed by atoms with E-state index in [4.69, 9.17) is 28.4 Å². The van der Waals surface area contributed by atoms with Crippen molar-refractivity contribution < 1.29 is 28.4 Å². The molecule has 8 aromatic rings. The van der Waals surface area contributed by atoms with Gasteiger partial charge in [0.25, 0.3) is 0 Å². The molecule has 1 heterocycles. The first-order valence-electron chi connectivity index (χ1n) is 20.3. The topological polar surface area (TPSA) is 80.1 Å². The standard InChI is InChI=1S/C52H44N2O6/c1-3-15-37(16-4-1)35-59-47-31-39-19-7-9-25-45(39)49-50-46-26-10-8-20-40(46)32-48(60-36-38-17-5-2-6-18-38)52(50)58-30-14-28-56-44-24-12-22-42(34-44)54-53-41-21-11-23-43(33-41)55-27-13-29-57-51(47)49/h1-12,15-26,31-34H,13-14,27-30,35-36H2. The van der Waals surface area contributed by atoms with Gasteiger partial charge in [-0.25, -0.2) is 0 Å². The van der Waals surface area contributed by atoms with Crippen LogP contribution in [0.25, 0.3) is 32.7 Å². The third-order valence-electron chi connectivity index (χ3n) is 10.2. The highest BCUT2D eigenvalue weighted by molar-refractivity contribution is 6.11. The van der Waals surface area contributed by atoms with Crippen molar-refractivity contribution in [2.24, 2.45) is 10.2 Å². The number of nitrogens with zero attached hydrogens (tertiary/aromatic N) is 2. The number of hydrogen-bond acceptors (Lipinski definition) is 8. The quantitative estimate of drug-likeness (QED) is 0.167. The number of fused-ring (bicyclic) bond motifs is 11. The van der Waals surface area contributed by atoms with Crippen LogP contribution in [0.5, 0.6) is 34.5 Å². The van der Waals surface area contributed by atoms with Crippen molar-refractivity contribution in [2.75, 3.05) is 26.4 Å². The third-order valence-corrected chi connectivity index (χ3v) is 10.2. The summed E-state index contributed by atoms with van der Waals surface area (Å²) in [6.07, 6.45) is 1.21. The summed E-state index contributed by atoms with van der Waals surface area (Å²) in [5.41, 5.74) is 5.20. The third kappa shape index (κ3) is 9.03. The van der Waals surface area contributed by atoms with Crippen LogP contribution in [0.4, 0.5) is 11.4 Å². The van der Waals surface area contributed by atoms with Gasteiger partial charge in [-0.2, -0.15) is 10.2 Å². The van der Waals surface area contributed by atoms with Gasteiger partial charge < -0.3 is 28.4 Å². The highest BCUT2D eigenvalue weighted by Crippen LogP contribution is 2.52. The van der Waals surface area contributed by atoms with Crippen LogP contribution < -0.4 is 28.4 Å². The first-order valence-corrected chi connectivity index (χ1v) is 20.3. The van der Waals surface area contributed by atoms with Crippen molar-refractivity contribution in [3.63, 3.8) is 0 Å². The van der Waals surface area contributed by atoms with E-state index in [1.54, 1.807) is 0 Å². The number of hydrogen-bond donors (Lipinski definition) is 0. The lowest BCUT2D eigenvalue weighted by Crippen LogP contribution is -2.09. The lowest BCUT2D eigenvalue weighted by molar-refractivity contribution is 0.230. The number of azo groups is 1. The van der Waals surface area contributed by atoms with Crippen LogP contribution in [0.2, 0.25) is 0 Å². The zero-order valence-electron chi connectivity index (χ0n) is 33.2. The molecule has 0 aliphatic carbocycles. The minimum absolute atomic E-state index is 0.360. The summed E-state index contributed by atoms with van der Waals surface area (Å²) in [5.74, 6) is 3.89. The highest BCUT2D eigenvalue weighted by atomic mass is 16.5. The van der Waals surface area contributed by atoms with Crippen molar-refractivity contribution >= 4 is 32.9 Å². The molecule has 1 aliphatic heterocycles. The van der Waals surface area contributed by atoms with Crippen LogP contribution in [0.15, 0.2) is 180 Å². The number of rotatable bonds is 6. The minimum Gasteiger partial charge on any atom is -0.493 e. The SMILES string of the molecule is c1ccc(COc2cc3ccccc3c3c2OCCCOc2cccc(c2)N=Nc2cccc(c2)OCCCOc2c(OCc4ccccc4)cc4ccccc4c2-3)cc1. The predicted molar refractivity (Wildman–Crippen MR) is 237 cm³/mol. The average Bonchev–Trinajstić information content (AvgIpc) is 3.30. The summed E-state index contributed by atoms with van der Waals surface area (Å²) in [4.78, 5) is 0. The van der Waals surface area contributed by atoms with Crippen LogP contribution >= 0.6 is 0 Å². The predicted octanol–water partition coefficient (Wildman–Crippen LogP) is 13.2. The highest BCUT2D eigenvalue weighted by Gasteiger charge is 2.26. The summed E-state index contributed by atoms with van der Waals surface area (Å²) in [6, 6.07) is 56.4. The fourth-order valence-corrected chi connectivity index (χ4v) is 7.31. The molecule has 1 aliphatic rings. The molecule has 8 heteroatoms. The first-order chi connectivity index (χ1) is 29.7. The maximum atomic E-state index is 6.93. The van der Waals surface area contributed by atoms with Crippen molar-refractivity contribution in [2.45, 2.75) is 26.1 Å². The summed E-state index contributed by atoms with van der Waals surface area (Å²) < 4.78 is 39.7. The van der Waals surface area contributed by atoms with E-state index in [-0.39, 0.29) is 0 Å². The molecule has 0 saturated heterocycles. The van der Waals surface area contributed by atoms with E-state index in [1.807, 2.05) is 97.1 Å². The van der Waals surface area contributed by atoms with E-state index in [2.05, 4.69) is 83.0 Å². The lowest BCUT2D eigenvalue weighted by Gasteiger charge is -2.24. The molecule has 0 atom stereocenters. The molecule has 8 aromatic carbocycles. The summed E-state index contributed by atoms with van der Waals surface area (Å²) in [7, 11) is 0. The number of ether oxygens (including phenoxy) is 6. The van der Waals surface area contributed by atoms with Crippen LogP contribution in [0.1, 0.15) is 24.0 Å². The Morgan fingerprint density at radius 1 is 0.400 bits per heavy atom. The average molecular weight is 793 g/mol.